The van der Waals surface area contributed by atoms with Crippen molar-refractivity contribution >= 4 is 40.9 Å². The summed E-state index contributed by atoms with van der Waals surface area (Å²) < 4.78 is 2.10. The van der Waals surface area contributed by atoms with Crippen LogP contribution in [0.2, 0.25) is 10.0 Å². The van der Waals surface area contributed by atoms with Crippen LogP contribution in [0.3, 0.4) is 0 Å². The van der Waals surface area contributed by atoms with Crippen molar-refractivity contribution in [3.05, 3.63) is 58.1 Å². The summed E-state index contributed by atoms with van der Waals surface area (Å²) in [6, 6.07) is 13.8. The van der Waals surface area contributed by atoms with E-state index in [-0.39, 0.29) is 24.0 Å². The van der Waals surface area contributed by atoms with Gasteiger partial charge in [0.25, 0.3) is 0 Å². The Bertz CT molecular complexity index is 653. The van der Waals surface area contributed by atoms with Gasteiger partial charge in [0.2, 0.25) is 6.34 Å². The summed E-state index contributed by atoms with van der Waals surface area (Å²) in [5.41, 5.74) is 3.52. The van der Waals surface area contributed by atoms with Crippen molar-refractivity contribution in [3.63, 3.8) is 0 Å². The standard InChI is InChI=1S/C15H13Cl2N2.HI/c1-18-10-19(14-5-2-12(16)3-6-14)9-11-8-13(17)4-7-15(11)18;/h2-8,10H,9H2,1H3;1H/q+1;/p-1. The summed E-state index contributed by atoms with van der Waals surface area (Å²) >= 11 is 12.0. The molecule has 2 nitrogen and oxygen atoms in total. The molecule has 1 aliphatic rings. The lowest BCUT2D eigenvalue weighted by atomic mass is 10.1. The average molecular weight is 419 g/mol. The van der Waals surface area contributed by atoms with E-state index in [1.54, 1.807) is 0 Å². The van der Waals surface area contributed by atoms with E-state index >= 15 is 0 Å². The third kappa shape index (κ3) is 3.10. The van der Waals surface area contributed by atoms with E-state index in [1.165, 1.54) is 11.3 Å². The van der Waals surface area contributed by atoms with Gasteiger partial charge in [0.1, 0.15) is 17.9 Å². The highest BCUT2D eigenvalue weighted by atomic mass is 127. The van der Waals surface area contributed by atoms with E-state index < -0.39 is 0 Å². The lowest BCUT2D eigenvalue weighted by molar-refractivity contribution is -0.403. The van der Waals surface area contributed by atoms with Gasteiger partial charge in [0, 0.05) is 15.6 Å². The molecule has 0 fully saturated rings. The first-order valence-corrected chi connectivity index (χ1v) is 6.77. The van der Waals surface area contributed by atoms with Crippen LogP contribution in [0, 0.1) is 0 Å². The van der Waals surface area contributed by atoms with Crippen LogP contribution in [-0.4, -0.2) is 18.0 Å². The van der Waals surface area contributed by atoms with Crippen LogP contribution in [0.4, 0.5) is 11.4 Å². The molecule has 104 valence electrons. The molecule has 0 N–H and O–H groups in total. The minimum atomic E-state index is 0. The molecule has 1 heterocycles. The maximum atomic E-state index is 6.07. The SMILES string of the molecule is C[N+]1=CN(c2ccc(Cl)cc2)Cc2cc(Cl)ccc21.[I-]. The molecule has 0 radical (unpaired) electrons. The fourth-order valence-electron chi connectivity index (χ4n) is 2.31. The summed E-state index contributed by atoms with van der Waals surface area (Å²) in [6.45, 7) is 0.807. The molecule has 5 heteroatoms. The maximum Gasteiger partial charge on any atom is 0.244 e. The monoisotopic (exact) mass is 418 g/mol. The fourth-order valence-corrected chi connectivity index (χ4v) is 2.63. The molecule has 0 saturated carbocycles. The van der Waals surface area contributed by atoms with Gasteiger partial charge in [-0.1, -0.05) is 23.2 Å². The Morgan fingerprint density at radius 3 is 2.35 bits per heavy atom. The minimum Gasteiger partial charge on any atom is -1.00 e. The van der Waals surface area contributed by atoms with Gasteiger partial charge in [-0.2, -0.15) is 0 Å². The molecule has 0 spiro atoms. The van der Waals surface area contributed by atoms with Crippen molar-refractivity contribution in [2.75, 3.05) is 11.9 Å². The highest BCUT2D eigenvalue weighted by Crippen LogP contribution is 2.29. The molecule has 0 atom stereocenters. The lowest BCUT2D eigenvalue weighted by Crippen LogP contribution is -3.00. The van der Waals surface area contributed by atoms with Gasteiger partial charge in [-0.15, -0.1) is 0 Å². The summed E-state index contributed by atoms with van der Waals surface area (Å²) in [5.74, 6) is 0. The van der Waals surface area contributed by atoms with E-state index in [1.807, 2.05) is 49.5 Å². The van der Waals surface area contributed by atoms with Crippen molar-refractivity contribution in [1.82, 2.24) is 0 Å². The topological polar surface area (TPSA) is 6.25 Å². The maximum absolute atomic E-state index is 6.07. The molecular formula is C15H13Cl2IN2. The molecule has 20 heavy (non-hydrogen) atoms. The predicted molar refractivity (Wildman–Crippen MR) is 81.0 cm³/mol. The van der Waals surface area contributed by atoms with E-state index in [0.29, 0.717) is 0 Å². The summed E-state index contributed by atoms with van der Waals surface area (Å²) in [7, 11) is 2.04. The van der Waals surface area contributed by atoms with Gasteiger partial charge < -0.3 is 24.0 Å². The molecule has 2 aromatic rings. The predicted octanol–water partition coefficient (Wildman–Crippen LogP) is 1.32. The molecule has 0 amide bonds. The molecule has 3 rings (SSSR count). The minimum absolute atomic E-state index is 0. The van der Waals surface area contributed by atoms with Gasteiger partial charge in [-0.25, -0.2) is 9.48 Å². The van der Waals surface area contributed by atoms with Crippen molar-refractivity contribution in [3.8, 4) is 0 Å². The number of benzene rings is 2. The lowest BCUT2D eigenvalue weighted by Gasteiger charge is -2.21. The normalized spacial score (nSPS) is 13.3. The Morgan fingerprint density at radius 2 is 1.65 bits per heavy atom. The molecule has 0 aliphatic carbocycles. The van der Waals surface area contributed by atoms with Gasteiger partial charge in [0.15, 0.2) is 0 Å². The van der Waals surface area contributed by atoms with Gasteiger partial charge >= 0.3 is 0 Å². The number of hydrogen-bond acceptors (Lipinski definition) is 1. The van der Waals surface area contributed by atoms with E-state index in [9.17, 15) is 0 Å². The Balaban J connectivity index is 0.00000147. The van der Waals surface area contributed by atoms with Gasteiger partial charge in [0.05, 0.1) is 7.05 Å². The summed E-state index contributed by atoms with van der Waals surface area (Å²) in [6.07, 6.45) is 2.08. The van der Waals surface area contributed by atoms with Crippen LogP contribution in [0.5, 0.6) is 0 Å². The molecular weight excluding hydrogens is 406 g/mol. The molecule has 2 aromatic carbocycles. The largest absolute Gasteiger partial charge is 1.00 e. The van der Waals surface area contributed by atoms with Crippen LogP contribution < -0.4 is 28.9 Å². The highest BCUT2D eigenvalue weighted by Gasteiger charge is 2.22. The number of anilines is 1. The Kier molecular flexibility index (Phi) is 4.94. The Labute approximate surface area is 145 Å². The zero-order valence-corrected chi connectivity index (χ0v) is 14.5. The molecule has 1 aliphatic heterocycles. The number of rotatable bonds is 1. The first-order valence-electron chi connectivity index (χ1n) is 6.02. The van der Waals surface area contributed by atoms with Crippen LogP contribution in [0.25, 0.3) is 0 Å². The van der Waals surface area contributed by atoms with E-state index in [4.69, 9.17) is 23.2 Å². The summed E-state index contributed by atoms with van der Waals surface area (Å²) in [5, 5.41) is 1.52. The van der Waals surface area contributed by atoms with Crippen LogP contribution >= 0.6 is 23.2 Å². The fraction of sp³-hybridized carbons (Fsp3) is 0.133. The van der Waals surface area contributed by atoms with Crippen molar-refractivity contribution in [2.45, 2.75) is 6.54 Å². The van der Waals surface area contributed by atoms with Crippen molar-refractivity contribution in [1.29, 1.82) is 0 Å². The second-order valence-electron chi connectivity index (χ2n) is 4.60. The Morgan fingerprint density at radius 1 is 1.00 bits per heavy atom. The van der Waals surface area contributed by atoms with Gasteiger partial charge in [-0.3, -0.25) is 0 Å². The van der Waals surface area contributed by atoms with Gasteiger partial charge in [-0.05, 0) is 42.5 Å². The zero-order chi connectivity index (χ0) is 13.4. The zero-order valence-electron chi connectivity index (χ0n) is 10.9. The van der Waals surface area contributed by atoms with Crippen LogP contribution in [0.1, 0.15) is 5.56 Å². The first-order chi connectivity index (χ1) is 9.13. The molecule has 0 bridgehead atoms. The third-order valence-electron chi connectivity index (χ3n) is 3.23. The van der Waals surface area contributed by atoms with Crippen molar-refractivity contribution in [2.24, 2.45) is 0 Å². The van der Waals surface area contributed by atoms with Crippen LogP contribution in [0.15, 0.2) is 42.5 Å². The summed E-state index contributed by atoms with van der Waals surface area (Å²) in [4.78, 5) is 2.18. The average Bonchev–Trinajstić information content (AvgIpc) is 2.38. The smallest absolute Gasteiger partial charge is 0.244 e. The third-order valence-corrected chi connectivity index (χ3v) is 3.72. The number of hydrogen-bond donors (Lipinski definition) is 0. The number of nitrogens with zero attached hydrogens (tertiary/aromatic N) is 2. The van der Waals surface area contributed by atoms with Crippen LogP contribution in [-0.2, 0) is 6.54 Å². The van der Waals surface area contributed by atoms with E-state index in [2.05, 4.69) is 15.8 Å². The second-order valence-corrected chi connectivity index (χ2v) is 5.48. The molecule has 0 unspecified atom stereocenters. The second kappa shape index (κ2) is 6.33. The Hall–Kier alpha value is -0.780. The first kappa shape index (κ1) is 15.6. The van der Waals surface area contributed by atoms with E-state index in [0.717, 1.165) is 22.3 Å². The molecule has 0 aromatic heterocycles. The quantitative estimate of drug-likeness (QED) is 0.500. The number of halogens is 3. The van der Waals surface area contributed by atoms with Crippen molar-refractivity contribution < 1.29 is 28.6 Å². The number of fused-ring (bicyclic) bond motifs is 1. The highest BCUT2D eigenvalue weighted by molar-refractivity contribution is 6.31. The molecule has 0 saturated heterocycles.